The fourth-order valence-corrected chi connectivity index (χ4v) is 4.75. The largest absolute Gasteiger partial charge is 0.416 e. The number of nitrogens with two attached hydrogens (primary N) is 2. The van der Waals surface area contributed by atoms with E-state index in [1.807, 2.05) is 0 Å². The summed E-state index contributed by atoms with van der Waals surface area (Å²) in [5.74, 6) is -0.385. The standard InChI is InChI=1S/C25H27F4N7OS/c26-19-11-15(3-4-16(19)14-36(9-1-7-30)10-2-8-31)18-13-32-23(34-22(18)37)35-24-33-20-12-17(25(27,28)29)5-6-21(20)38-24/h3-6,11-13H,1-2,7-10,14,30-31H2,(H2,32,33,34,35,37). The maximum atomic E-state index is 14.9. The lowest BCUT2D eigenvalue weighted by Crippen LogP contribution is -2.28. The molecule has 0 aliphatic rings. The summed E-state index contributed by atoms with van der Waals surface area (Å²) in [5, 5.41) is 3.07. The Morgan fingerprint density at radius 2 is 1.79 bits per heavy atom. The second-order valence-corrected chi connectivity index (χ2v) is 9.70. The average Bonchev–Trinajstić information content (AvgIpc) is 3.28. The minimum Gasteiger partial charge on any atom is -0.330 e. The molecule has 0 saturated carbocycles. The molecule has 13 heteroatoms. The van der Waals surface area contributed by atoms with E-state index >= 15 is 0 Å². The Morgan fingerprint density at radius 1 is 1.05 bits per heavy atom. The van der Waals surface area contributed by atoms with Crippen LogP contribution in [-0.4, -0.2) is 46.0 Å². The van der Waals surface area contributed by atoms with Crippen LogP contribution in [0.5, 0.6) is 0 Å². The Morgan fingerprint density at radius 3 is 2.42 bits per heavy atom. The van der Waals surface area contributed by atoms with E-state index in [1.54, 1.807) is 12.1 Å². The Kier molecular flexibility index (Phi) is 8.72. The number of fused-ring (bicyclic) bond motifs is 1. The molecular weight excluding hydrogens is 522 g/mol. The minimum absolute atomic E-state index is 0.0568. The van der Waals surface area contributed by atoms with E-state index in [9.17, 15) is 22.4 Å². The summed E-state index contributed by atoms with van der Waals surface area (Å²) in [6.45, 7) is 2.94. The Hall–Kier alpha value is -3.39. The van der Waals surface area contributed by atoms with Gasteiger partial charge in [0.15, 0.2) is 5.13 Å². The number of aromatic amines is 1. The second kappa shape index (κ2) is 12.0. The molecule has 2 aromatic carbocycles. The predicted molar refractivity (Wildman–Crippen MR) is 141 cm³/mol. The maximum Gasteiger partial charge on any atom is 0.416 e. The summed E-state index contributed by atoms with van der Waals surface area (Å²) in [5.41, 5.74) is 11.1. The molecule has 0 bridgehead atoms. The van der Waals surface area contributed by atoms with Crippen molar-refractivity contribution in [3.05, 3.63) is 69.9 Å². The van der Waals surface area contributed by atoms with E-state index in [0.717, 1.165) is 49.4 Å². The number of H-pyrrole nitrogens is 1. The number of halogens is 4. The van der Waals surface area contributed by atoms with Crippen molar-refractivity contribution < 1.29 is 17.6 Å². The summed E-state index contributed by atoms with van der Waals surface area (Å²) < 4.78 is 54.4. The Balaban J connectivity index is 1.49. The first-order chi connectivity index (χ1) is 18.2. The van der Waals surface area contributed by atoms with Gasteiger partial charge in [-0.05, 0) is 68.8 Å². The smallest absolute Gasteiger partial charge is 0.330 e. The number of hydrogen-bond donors (Lipinski definition) is 4. The van der Waals surface area contributed by atoms with Crippen molar-refractivity contribution in [1.29, 1.82) is 0 Å². The number of alkyl halides is 3. The third-order valence-corrected chi connectivity index (χ3v) is 6.81. The summed E-state index contributed by atoms with van der Waals surface area (Å²) >= 11 is 1.12. The SMILES string of the molecule is NCCCN(CCCN)Cc1ccc(-c2cnc(Nc3nc4cc(C(F)(F)F)ccc4s3)[nH]c2=O)cc1F. The molecule has 0 atom stereocenters. The van der Waals surface area contributed by atoms with Gasteiger partial charge >= 0.3 is 6.18 Å². The molecule has 0 fully saturated rings. The summed E-state index contributed by atoms with van der Waals surface area (Å²) in [6, 6.07) is 7.89. The van der Waals surface area contributed by atoms with Crippen molar-refractivity contribution in [2.24, 2.45) is 11.5 Å². The second-order valence-electron chi connectivity index (χ2n) is 8.67. The van der Waals surface area contributed by atoms with E-state index in [-0.39, 0.29) is 22.2 Å². The van der Waals surface area contributed by atoms with Crippen molar-refractivity contribution in [2.45, 2.75) is 25.6 Å². The van der Waals surface area contributed by atoms with Crippen molar-refractivity contribution in [1.82, 2.24) is 19.9 Å². The fraction of sp³-hybridized carbons (Fsp3) is 0.320. The third-order valence-electron chi connectivity index (χ3n) is 5.85. The van der Waals surface area contributed by atoms with Gasteiger partial charge in [0.05, 0.1) is 21.3 Å². The average molecular weight is 550 g/mol. The molecule has 2 heterocycles. The maximum absolute atomic E-state index is 14.9. The first-order valence-corrected chi connectivity index (χ1v) is 12.7. The van der Waals surface area contributed by atoms with Crippen LogP contribution >= 0.6 is 11.3 Å². The molecule has 0 radical (unpaired) electrons. The van der Waals surface area contributed by atoms with Gasteiger partial charge in [-0.25, -0.2) is 14.4 Å². The zero-order chi connectivity index (χ0) is 27.3. The van der Waals surface area contributed by atoms with Crippen molar-refractivity contribution >= 4 is 32.6 Å². The van der Waals surface area contributed by atoms with Crippen LogP contribution in [0.2, 0.25) is 0 Å². The number of nitrogens with one attached hydrogen (secondary N) is 2. The van der Waals surface area contributed by atoms with Gasteiger partial charge in [0.2, 0.25) is 5.95 Å². The number of benzene rings is 2. The summed E-state index contributed by atoms with van der Waals surface area (Å²) in [4.78, 5) is 25.7. The molecule has 6 N–H and O–H groups in total. The van der Waals surface area contributed by atoms with E-state index in [0.29, 0.717) is 35.5 Å². The van der Waals surface area contributed by atoms with E-state index in [2.05, 4.69) is 25.2 Å². The lowest BCUT2D eigenvalue weighted by molar-refractivity contribution is -0.137. The van der Waals surface area contributed by atoms with Gasteiger partial charge in [-0.3, -0.25) is 14.7 Å². The highest BCUT2D eigenvalue weighted by Crippen LogP contribution is 2.34. The molecule has 4 rings (SSSR count). The summed E-state index contributed by atoms with van der Waals surface area (Å²) in [7, 11) is 0. The van der Waals surface area contributed by atoms with Gasteiger partial charge in [0.25, 0.3) is 5.56 Å². The molecule has 4 aromatic rings. The summed E-state index contributed by atoms with van der Waals surface area (Å²) in [6.07, 6.45) is -1.59. The molecule has 0 aliphatic carbocycles. The van der Waals surface area contributed by atoms with Crippen LogP contribution in [0.25, 0.3) is 21.3 Å². The lowest BCUT2D eigenvalue weighted by Gasteiger charge is -2.22. The molecular formula is C25H27F4N7OS. The van der Waals surface area contributed by atoms with Crippen LogP contribution in [-0.2, 0) is 12.7 Å². The highest BCUT2D eigenvalue weighted by molar-refractivity contribution is 7.22. The van der Waals surface area contributed by atoms with Crippen LogP contribution in [0.3, 0.4) is 0 Å². The normalized spacial score (nSPS) is 12.0. The van der Waals surface area contributed by atoms with Crippen LogP contribution in [0, 0.1) is 5.82 Å². The van der Waals surface area contributed by atoms with Crippen LogP contribution < -0.4 is 22.3 Å². The number of thiazole rings is 1. The highest BCUT2D eigenvalue weighted by atomic mass is 32.1. The van der Waals surface area contributed by atoms with Gasteiger partial charge in [0, 0.05) is 18.3 Å². The molecule has 0 spiro atoms. The molecule has 0 amide bonds. The molecule has 8 nitrogen and oxygen atoms in total. The van der Waals surface area contributed by atoms with E-state index in [1.165, 1.54) is 18.3 Å². The van der Waals surface area contributed by atoms with Crippen LogP contribution in [0.4, 0.5) is 28.6 Å². The zero-order valence-corrected chi connectivity index (χ0v) is 21.1. The quantitative estimate of drug-likeness (QED) is 0.204. The minimum atomic E-state index is -4.47. The van der Waals surface area contributed by atoms with E-state index < -0.39 is 23.1 Å². The topological polar surface area (TPSA) is 126 Å². The van der Waals surface area contributed by atoms with Crippen LogP contribution in [0.15, 0.2) is 47.4 Å². The van der Waals surface area contributed by atoms with Gasteiger partial charge in [-0.2, -0.15) is 13.2 Å². The zero-order valence-electron chi connectivity index (χ0n) is 20.3. The van der Waals surface area contributed by atoms with Gasteiger partial charge in [0.1, 0.15) is 5.82 Å². The van der Waals surface area contributed by atoms with Gasteiger partial charge < -0.3 is 16.8 Å². The molecule has 202 valence electrons. The lowest BCUT2D eigenvalue weighted by atomic mass is 10.1. The van der Waals surface area contributed by atoms with E-state index in [4.69, 9.17) is 11.5 Å². The molecule has 2 aromatic heterocycles. The Bertz CT molecular complexity index is 1450. The first-order valence-electron chi connectivity index (χ1n) is 11.9. The number of aromatic nitrogens is 3. The fourth-order valence-electron chi connectivity index (χ4n) is 3.91. The molecule has 38 heavy (non-hydrogen) atoms. The Labute approximate surface area is 219 Å². The predicted octanol–water partition coefficient (Wildman–Crippen LogP) is 4.45. The number of rotatable bonds is 11. The third kappa shape index (κ3) is 6.72. The van der Waals surface area contributed by atoms with Crippen LogP contribution in [0.1, 0.15) is 24.0 Å². The monoisotopic (exact) mass is 549 g/mol. The van der Waals surface area contributed by atoms with Crippen molar-refractivity contribution in [3.8, 4) is 11.1 Å². The van der Waals surface area contributed by atoms with Gasteiger partial charge in [-0.15, -0.1) is 0 Å². The number of anilines is 2. The molecule has 0 unspecified atom stereocenters. The number of hydrogen-bond acceptors (Lipinski definition) is 8. The highest BCUT2D eigenvalue weighted by Gasteiger charge is 2.30. The molecule has 0 aliphatic heterocycles. The van der Waals surface area contributed by atoms with Crippen molar-refractivity contribution in [2.75, 3.05) is 31.5 Å². The van der Waals surface area contributed by atoms with Crippen molar-refractivity contribution in [3.63, 3.8) is 0 Å². The number of nitrogens with zero attached hydrogens (tertiary/aromatic N) is 3. The van der Waals surface area contributed by atoms with Gasteiger partial charge in [-0.1, -0.05) is 23.5 Å². The first kappa shape index (κ1) is 27.6. The molecule has 0 saturated heterocycles.